The number of anilines is 1. The average Bonchev–Trinajstić information content (AvgIpc) is 2.78. The van der Waals surface area contributed by atoms with Crippen LogP contribution in [0.2, 0.25) is 5.02 Å². The highest BCUT2D eigenvalue weighted by atomic mass is 35.5. The van der Waals surface area contributed by atoms with Crippen LogP contribution in [0.5, 0.6) is 0 Å². The van der Waals surface area contributed by atoms with Gasteiger partial charge in [-0.1, -0.05) is 11.6 Å². The van der Waals surface area contributed by atoms with Crippen LogP contribution in [0, 0.1) is 13.8 Å². The number of halogens is 4. The van der Waals surface area contributed by atoms with Crippen LogP contribution in [-0.4, -0.2) is 75.5 Å². The second-order valence-electron chi connectivity index (χ2n) is 9.01. The summed E-state index contributed by atoms with van der Waals surface area (Å²) in [7, 11) is 0. The highest BCUT2D eigenvalue weighted by Gasteiger charge is 2.35. The molecule has 2 aliphatic rings. The Balaban J connectivity index is 1.36. The van der Waals surface area contributed by atoms with Gasteiger partial charge in [0.1, 0.15) is 12.1 Å². The Hall–Kier alpha value is -2.46. The monoisotopic (exact) mass is 496 g/mol. The maximum absolute atomic E-state index is 13.0. The lowest BCUT2D eigenvalue weighted by atomic mass is 9.99. The molecule has 0 N–H and O–H groups in total. The number of alkyl halides is 3. The van der Waals surface area contributed by atoms with Crippen molar-refractivity contribution in [1.29, 1.82) is 0 Å². The Morgan fingerprint density at radius 1 is 1.06 bits per heavy atom. The minimum atomic E-state index is -4.47. The third kappa shape index (κ3) is 4.98. The maximum atomic E-state index is 13.0. The Kier molecular flexibility index (Phi) is 7.00. The first-order chi connectivity index (χ1) is 16.1. The van der Waals surface area contributed by atoms with E-state index in [2.05, 4.69) is 19.9 Å². The summed E-state index contributed by atoms with van der Waals surface area (Å²) in [6.45, 7) is 9.14. The number of aromatic nitrogens is 3. The standard InChI is InChI=1S/C23H28ClF3N6O/c1-14-12-32(8-9-33(14)21-19(24)10-17(11-28-21)23(25,26)27)18-4-6-31(7-5-18)22(34)20-15(2)29-13-30-16(20)3/h10-11,13-14,18H,4-9,12H2,1-3H3/t14-/m0/s1. The quantitative estimate of drug-likeness (QED) is 0.640. The number of hydrogen-bond donors (Lipinski definition) is 0. The molecule has 0 radical (unpaired) electrons. The third-order valence-corrected chi connectivity index (χ3v) is 7.07. The summed E-state index contributed by atoms with van der Waals surface area (Å²) >= 11 is 6.17. The van der Waals surface area contributed by atoms with Crippen molar-refractivity contribution >= 4 is 23.3 Å². The molecule has 0 unspecified atom stereocenters. The van der Waals surface area contributed by atoms with Gasteiger partial charge in [-0.15, -0.1) is 0 Å². The number of likely N-dealkylation sites (tertiary alicyclic amines) is 1. The van der Waals surface area contributed by atoms with Crippen LogP contribution in [0.3, 0.4) is 0 Å². The number of carbonyl (C=O) groups is 1. The summed E-state index contributed by atoms with van der Waals surface area (Å²) in [5.41, 5.74) is 1.13. The number of carbonyl (C=O) groups excluding carboxylic acids is 1. The van der Waals surface area contributed by atoms with Crippen molar-refractivity contribution in [3.8, 4) is 0 Å². The predicted octanol–water partition coefficient (Wildman–Crippen LogP) is 3.98. The van der Waals surface area contributed by atoms with Crippen molar-refractivity contribution < 1.29 is 18.0 Å². The first-order valence-corrected chi connectivity index (χ1v) is 11.7. The summed E-state index contributed by atoms with van der Waals surface area (Å²) in [5.74, 6) is 0.369. The number of pyridine rings is 1. The highest BCUT2D eigenvalue weighted by molar-refractivity contribution is 6.33. The number of piperidine rings is 1. The fraction of sp³-hybridized carbons (Fsp3) is 0.565. The zero-order valence-electron chi connectivity index (χ0n) is 19.4. The fourth-order valence-electron chi connectivity index (χ4n) is 4.92. The number of nitrogens with zero attached hydrogens (tertiary/aromatic N) is 6. The molecule has 0 aromatic carbocycles. The van der Waals surface area contributed by atoms with E-state index in [1.807, 2.05) is 30.6 Å². The molecule has 0 saturated carbocycles. The topological polar surface area (TPSA) is 65.5 Å². The first kappa shape index (κ1) is 24.7. The Morgan fingerprint density at radius 2 is 1.71 bits per heavy atom. The lowest BCUT2D eigenvalue weighted by Gasteiger charge is -2.46. The van der Waals surface area contributed by atoms with Gasteiger partial charge in [0.05, 0.1) is 27.5 Å². The molecule has 2 fully saturated rings. The molecule has 7 nitrogen and oxygen atoms in total. The molecule has 4 heterocycles. The van der Waals surface area contributed by atoms with Gasteiger partial charge < -0.3 is 9.80 Å². The summed E-state index contributed by atoms with van der Waals surface area (Å²) in [4.78, 5) is 31.6. The molecule has 11 heteroatoms. The molecule has 2 aromatic heterocycles. The third-order valence-electron chi connectivity index (χ3n) is 6.79. The van der Waals surface area contributed by atoms with E-state index in [-0.39, 0.29) is 17.0 Å². The zero-order valence-corrected chi connectivity index (χ0v) is 20.2. The van der Waals surface area contributed by atoms with Crippen LogP contribution >= 0.6 is 11.6 Å². The van der Waals surface area contributed by atoms with E-state index >= 15 is 0 Å². The molecular weight excluding hydrogens is 469 g/mol. The van der Waals surface area contributed by atoms with Gasteiger partial charge in [0.25, 0.3) is 5.91 Å². The summed E-state index contributed by atoms with van der Waals surface area (Å²) in [6, 6.07) is 1.33. The molecule has 0 aliphatic carbocycles. The van der Waals surface area contributed by atoms with Gasteiger partial charge in [0, 0.05) is 51.0 Å². The minimum absolute atomic E-state index is 0.0115. The lowest BCUT2D eigenvalue weighted by Crippen LogP contribution is -2.57. The van der Waals surface area contributed by atoms with E-state index in [0.29, 0.717) is 48.4 Å². The molecule has 2 aromatic rings. The molecule has 34 heavy (non-hydrogen) atoms. The van der Waals surface area contributed by atoms with Crippen molar-refractivity contribution in [3.05, 3.63) is 46.1 Å². The number of rotatable bonds is 3. The van der Waals surface area contributed by atoms with Crippen molar-refractivity contribution in [2.75, 3.05) is 37.6 Å². The van der Waals surface area contributed by atoms with Crippen LogP contribution in [0.1, 0.15) is 47.1 Å². The van der Waals surface area contributed by atoms with Crippen LogP contribution in [0.25, 0.3) is 0 Å². The lowest BCUT2D eigenvalue weighted by molar-refractivity contribution is -0.137. The molecule has 184 valence electrons. The van der Waals surface area contributed by atoms with E-state index in [1.54, 1.807) is 0 Å². The van der Waals surface area contributed by atoms with E-state index in [0.717, 1.165) is 38.2 Å². The van der Waals surface area contributed by atoms with Gasteiger partial charge in [-0.25, -0.2) is 15.0 Å². The smallest absolute Gasteiger partial charge is 0.350 e. The average molecular weight is 497 g/mol. The molecule has 0 bridgehead atoms. The second-order valence-corrected chi connectivity index (χ2v) is 9.41. The van der Waals surface area contributed by atoms with E-state index in [1.165, 1.54) is 6.33 Å². The summed E-state index contributed by atoms with van der Waals surface area (Å²) in [5, 5.41) is 0.0115. The van der Waals surface area contributed by atoms with Crippen molar-refractivity contribution in [2.45, 2.75) is 51.9 Å². The van der Waals surface area contributed by atoms with Crippen molar-refractivity contribution in [3.63, 3.8) is 0 Å². The number of amides is 1. The van der Waals surface area contributed by atoms with Gasteiger partial charge >= 0.3 is 6.18 Å². The van der Waals surface area contributed by atoms with Gasteiger partial charge in [0.15, 0.2) is 0 Å². The van der Waals surface area contributed by atoms with Gasteiger partial charge in [-0.3, -0.25) is 9.69 Å². The van der Waals surface area contributed by atoms with Crippen molar-refractivity contribution in [1.82, 2.24) is 24.8 Å². The van der Waals surface area contributed by atoms with Crippen molar-refractivity contribution in [2.24, 2.45) is 0 Å². The van der Waals surface area contributed by atoms with Crippen LogP contribution in [0.4, 0.5) is 19.0 Å². The molecule has 2 saturated heterocycles. The molecule has 1 atom stereocenters. The van der Waals surface area contributed by atoms with E-state index in [4.69, 9.17) is 11.6 Å². The number of hydrogen-bond acceptors (Lipinski definition) is 6. The van der Waals surface area contributed by atoms with Crippen LogP contribution < -0.4 is 4.90 Å². The van der Waals surface area contributed by atoms with Gasteiger partial charge in [-0.05, 0) is 39.7 Å². The first-order valence-electron chi connectivity index (χ1n) is 11.4. The SMILES string of the molecule is Cc1ncnc(C)c1C(=O)N1CCC(N2CCN(c3ncc(C(F)(F)F)cc3Cl)[C@@H](C)C2)CC1. The van der Waals surface area contributed by atoms with Gasteiger partial charge in [0.2, 0.25) is 0 Å². The Bertz CT molecular complexity index is 1040. The second kappa shape index (κ2) is 9.65. The molecule has 4 rings (SSSR count). The van der Waals surface area contributed by atoms with Crippen LogP contribution in [-0.2, 0) is 6.18 Å². The molecule has 0 spiro atoms. The molecule has 2 aliphatic heterocycles. The summed E-state index contributed by atoms with van der Waals surface area (Å²) in [6.07, 6.45) is -0.427. The van der Waals surface area contributed by atoms with E-state index in [9.17, 15) is 18.0 Å². The largest absolute Gasteiger partial charge is 0.417 e. The number of aryl methyl sites for hydroxylation is 2. The van der Waals surface area contributed by atoms with Gasteiger partial charge in [-0.2, -0.15) is 13.2 Å². The maximum Gasteiger partial charge on any atom is 0.417 e. The normalized spacial score (nSPS) is 20.6. The highest BCUT2D eigenvalue weighted by Crippen LogP contribution is 2.35. The Morgan fingerprint density at radius 3 is 2.26 bits per heavy atom. The minimum Gasteiger partial charge on any atom is -0.350 e. The van der Waals surface area contributed by atoms with Crippen LogP contribution in [0.15, 0.2) is 18.6 Å². The van der Waals surface area contributed by atoms with E-state index < -0.39 is 11.7 Å². The molecular formula is C23H28ClF3N6O. The Labute approximate surface area is 201 Å². The molecule has 1 amide bonds. The zero-order chi connectivity index (χ0) is 24.6. The summed E-state index contributed by atoms with van der Waals surface area (Å²) < 4.78 is 38.8. The fourth-order valence-corrected chi connectivity index (χ4v) is 5.20. The predicted molar refractivity (Wildman–Crippen MR) is 123 cm³/mol. The number of piperazine rings is 1.